The summed E-state index contributed by atoms with van der Waals surface area (Å²) in [5.74, 6) is -0.796. The Hall–Kier alpha value is -1.10. The SMILES string of the molecule is CCC(NCCC(=O)N(CC)CC)C(=O)O. The maximum Gasteiger partial charge on any atom is 0.320 e. The average molecular weight is 230 g/mol. The van der Waals surface area contributed by atoms with Gasteiger partial charge in [-0.2, -0.15) is 0 Å². The zero-order chi connectivity index (χ0) is 12.6. The van der Waals surface area contributed by atoms with Crippen LogP contribution in [0.15, 0.2) is 0 Å². The van der Waals surface area contributed by atoms with Crippen LogP contribution in [0.25, 0.3) is 0 Å². The third kappa shape index (κ3) is 5.11. The number of aliphatic carboxylic acids is 1. The molecule has 0 spiro atoms. The highest BCUT2D eigenvalue weighted by Crippen LogP contribution is 1.95. The second-order valence-corrected chi connectivity index (χ2v) is 3.57. The predicted octanol–water partition coefficient (Wildman–Crippen LogP) is 0.698. The van der Waals surface area contributed by atoms with Crippen molar-refractivity contribution in [3.8, 4) is 0 Å². The Morgan fingerprint density at radius 1 is 1.25 bits per heavy atom. The number of nitrogens with one attached hydrogen (secondary N) is 1. The fourth-order valence-electron chi connectivity index (χ4n) is 1.49. The molecule has 1 atom stereocenters. The van der Waals surface area contributed by atoms with Gasteiger partial charge in [-0.15, -0.1) is 0 Å². The summed E-state index contributed by atoms with van der Waals surface area (Å²) in [7, 11) is 0. The second-order valence-electron chi connectivity index (χ2n) is 3.57. The Morgan fingerprint density at radius 3 is 2.19 bits per heavy atom. The first-order valence-corrected chi connectivity index (χ1v) is 5.80. The summed E-state index contributed by atoms with van der Waals surface area (Å²) in [5.41, 5.74) is 0. The molecule has 0 aliphatic rings. The number of amides is 1. The molecule has 1 amide bonds. The molecule has 0 saturated carbocycles. The van der Waals surface area contributed by atoms with Crippen molar-refractivity contribution in [2.45, 2.75) is 39.7 Å². The normalized spacial score (nSPS) is 12.2. The second kappa shape index (κ2) is 8.10. The molecule has 0 aromatic carbocycles. The molecular formula is C11H22N2O3. The summed E-state index contributed by atoms with van der Waals surface area (Å²) < 4.78 is 0. The van der Waals surface area contributed by atoms with E-state index in [1.165, 1.54) is 0 Å². The lowest BCUT2D eigenvalue weighted by molar-refractivity contribution is -0.140. The van der Waals surface area contributed by atoms with Gasteiger partial charge < -0.3 is 15.3 Å². The summed E-state index contributed by atoms with van der Waals surface area (Å²) in [6, 6.07) is -0.551. The van der Waals surface area contributed by atoms with E-state index in [1.807, 2.05) is 13.8 Å². The lowest BCUT2D eigenvalue weighted by Gasteiger charge is -2.19. The van der Waals surface area contributed by atoms with E-state index in [-0.39, 0.29) is 5.91 Å². The fraction of sp³-hybridized carbons (Fsp3) is 0.818. The molecule has 0 heterocycles. The van der Waals surface area contributed by atoms with Crippen LogP contribution >= 0.6 is 0 Å². The molecule has 0 saturated heterocycles. The van der Waals surface area contributed by atoms with Gasteiger partial charge in [0.2, 0.25) is 5.91 Å². The predicted molar refractivity (Wildman–Crippen MR) is 62.3 cm³/mol. The number of carboxylic acid groups (broad SMARTS) is 1. The van der Waals surface area contributed by atoms with Crippen molar-refractivity contribution in [3.63, 3.8) is 0 Å². The maximum absolute atomic E-state index is 11.6. The van der Waals surface area contributed by atoms with E-state index in [1.54, 1.807) is 11.8 Å². The minimum Gasteiger partial charge on any atom is -0.480 e. The lowest BCUT2D eigenvalue weighted by atomic mass is 10.2. The van der Waals surface area contributed by atoms with E-state index in [4.69, 9.17) is 5.11 Å². The van der Waals surface area contributed by atoms with Crippen LogP contribution in [-0.4, -0.2) is 47.6 Å². The van der Waals surface area contributed by atoms with Crippen molar-refractivity contribution in [2.75, 3.05) is 19.6 Å². The third-order valence-corrected chi connectivity index (χ3v) is 2.55. The summed E-state index contributed by atoms with van der Waals surface area (Å²) in [4.78, 5) is 24.0. The Kier molecular flexibility index (Phi) is 7.54. The summed E-state index contributed by atoms with van der Waals surface area (Å²) in [6.45, 7) is 7.48. The smallest absolute Gasteiger partial charge is 0.320 e. The minimum absolute atomic E-state index is 0.0674. The average Bonchev–Trinajstić information content (AvgIpc) is 2.25. The largest absolute Gasteiger partial charge is 0.480 e. The molecule has 0 aromatic rings. The number of carbonyl (C=O) groups is 2. The minimum atomic E-state index is -0.863. The van der Waals surface area contributed by atoms with Crippen molar-refractivity contribution in [1.29, 1.82) is 0 Å². The van der Waals surface area contributed by atoms with Gasteiger partial charge >= 0.3 is 5.97 Å². The van der Waals surface area contributed by atoms with E-state index in [0.29, 0.717) is 32.5 Å². The molecule has 0 fully saturated rings. The molecule has 1 unspecified atom stereocenters. The molecule has 5 heteroatoms. The zero-order valence-electron chi connectivity index (χ0n) is 10.3. The standard InChI is InChI=1S/C11H22N2O3/c1-4-9(11(15)16)12-8-7-10(14)13(5-2)6-3/h9,12H,4-8H2,1-3H3,(H,15,16). The molecule has 0 radical (unpaired) electrons. The number of carbonyl (C=O) groups excluding carboxylic acids is 1. The van der Waals surface area contributed by atoms with Crippen LogP contribution in [0.2, 0.25) is 0 Å². The summed E-state index contributed by atoms with van der Waals surface area (Å²) in [6.07, 6.45) is 0.875. The van der Waals surface area contributed by atoms with Crippen LogP contribution in [0, 0.1) is 0 Å². The third-order valence-electron chi connectivity index (χ3n) is 2.55. The Morgan fingerprint density at radius 2 is 1.81 bits per heavy atom. The molecule has 0 bridgehead atoms. The van der Waals surface area contributed by atoms with Crippen LogP contribution in [0.5, 0.6) is 0 Å². The number of rotatable bonds is 8. The van der Waals surface area contributed by atoms with E-state index >= 15 is 0 Å². The van der Waals surface area contributed by atoms with Gasteiger partial charge in [0.05, 0.1) is 0 Å². The van der Waals surface area contributed by atoms with Crippen LogP contribution in [0.1, 0.15) is 33.6 Å². The molecule has 2 N–H and O–H groups in total. The van der Waals surface area contributed by atoms with E-state index in [0.717, 1.165) is 0 Å². The van der Waals surface area contributed by atoms with E-state index < -0.39 is 12.0 Å². The Balaban J connectivity index is 3.88. The van der Waals surface area contributed by atoms with Gasteiger partial charge in [-0.3, -0.25) is 9.59 Å². The molecule has 16 heavy (non-hydrogen) atoms. The summed E-state index contributed by atoms with van der Waals surface area (Å²) >= 11 is 0. The van der Waals surface area contributed by atoms with Crippen molar-refractivity contribution in [2.24, 2.45) is 0 Å². The molecule has 0 aliphatic carbocycles. The summed E-state index contributed by atoms with van der Waals surface area (Å²) in [5, 5.41) is 11.6. The molecule has 5 nitrogen and oxygen atoms in total. The van der Waals surface area contributed by atoms with Gasteiger partial charge in [-0.25, -0.2) is 0 Å². The molecule has 0 rings (SSSR count). The Bertz CT molecular complexity index is 227. The number of hydrogen-bond acceptors (Lipinski definition) is 3. The first kappa shape index (κ1) is 14.9. The van der Waals surface area contributed by atoms with Gasteiger partial charge in [-0.1, -0.05) is 6.92 Å². The highest BCUT2D eigenvalue weighted by molar-refractivity contribution is 5.76. The molecule has 0 aromatic heterocycles. The van der Waals surface area contributed by atoms with Gasteiger partial charge in [0.15, 0.2) is 0 Å². The maximum atomic E-state index is 11.6. The van der Waals surface area contributed by atoms with Crippen LogP contribution in [-0.2, 0) is 9.59 Å². The van der Waals surface area contributed by atoms with Gasteiger partial charge in [0.1, 0.15) is 6.04 Å². The van der Waals surface area contributed by atoms with Gasteiger partial charge in [-0.05, 0) is 20.3 Å². The van der Waals surface area contributed by atoms with Gasteiger partial charge in [0.25, 0.3) is 0 Å². The highest BCUT2D eigenvalue weighted by Gasteiger charge is 2.15. The fourth-order valence-corrected chi connectivity index (χ4v) is 1.49. The van der Waals surface area contributed by atoms with Crippen LogP contribution in [0.4, 0.5) is 0 Å². The monoisotopic (exact) mass is 230 g/mol. The van der Waals surface area contributed by atoms with Crippen molar-refractivity contribution >= 4 is 11.9 Å². The molecular weight excluding hydrogens is 208 g/mol. The Labute approximate surface area is 96.8 Å². The number of hydrogen-bond donors (Lipinski definition) is 2. The van der Waals surface area contributed by atoms with Crippen LogP contribution in [0.3, 0.4) is 0 Å². The van der Waals surface area contributed by atoms with E-state index in [9.17, 15) is 9.59 Å². The first-order valence-electron chi connectivity index (χ1n) is 5.80. The lowest BCUT2D eigenvalue weighted by Crippen LogP contribution is -2.39. The molecule has 94 valence electrons. The number of nitrogens with zero attached hydrogens (tertiary/aromatic N) is 1. The van der Waals surface area contributed by atoms with Crippen molar-refractivity contribution in [1.82, 2.24) is 10.2 Å². The van der Waals surface area contributed by atoms with Gasteiger partial charge in [0, 0.05) is 26.1 Å². The molecule has 0 aliphatic heterocycles. The van der Waals surface area contributed by atoms with Crippen molar-refractivity contribution in [3.05, 3.63) is 0 Å². The van der Waals surface area contributed by atoms with E-state index in [2.05, 4.69) is 5.32 Å². The quantitative estimate of drug-likeness (QED) is 0.644. The zero-order valence-corrected chi connectivity index (χ0v) is 10.3. The highest BCUT2D eigenvalue weighted by atomic mass is 16.4. The first-order chi connectivity index (χ1) is 7.56. The number of carboxylic acids is 1. The van der Waals surface area contributed by atoms with Crippen LogP contribution < -0.4 is 5.32 Å². The van der Waals surface area contributed by atoms with Crippen molar-refractivity contribution < 1.29 is 14.7 Å². The topological polar surface area (TPSA) is 69.6 Å².